The van der Waals surface area contributed by atoms with E-state index >= 15 is 0 Å². The summed E-state index contributed by atoms with van der Waals surface area (Å²) in [4.78, 5) is 28.6. The summed E-state index contributed by atoms with van der Waals surface area (Å²) in [6, 6.07) is 3.14. The molecule has 0 aliphatic heterocycles. The molecule has 6 heteroatoms. The summed E-state index contributed by atoms with van der Waals surface area (Å²) in [6.07, 6.45) is 1.50. The van der Waals surface area contributed by atoms with Crippen LogP contribution in [0.5, 0.6) is 0 Å². The largest absolute Gasteiger partial charge is 0.480 e. The minimum Gasteiger partial charge on any atom is -0.480 e. The third kappa shape index (κ3) is 4.03. The molecule has 1 aromatic rings. The molecule has 0 saturated carbocycles. The van der Waals surface area contributed by atoms with E-state index in [1.165, 1.54) is 11.1 Å². The maximum Gasteiger partial charge on any atom is 0.323 e. The molecule has 0 aromatic carbocycles. The SMILES string of the molecule is CC(C)(C)N(CC(=O)O)C(=O)c1ccnc(CN)c1. The number of rotatable bonds is 4. The molecule has 0 saturated heterocycles. The summed E-state index contributed by atoms with van der Waals surface area (Å²) in [5.41, 5.74) is 5.89. The van der Waals surface area contributed by atoms with Gasteiger partial charge in [0.05, 0.1) is 5.69 Å². The lowest BCUT2D eigenvalue weighted by atomic mass is 10.0. The van der Waals surface area contributed by atoms with Crippen LogP contribution in [0.25, 0.3) is 0 Å². The summed E-state index contributed by atoms with van der Waals surface area (Å²) >= 11 is 0. The molecule has 0 radical (unpaired) electrons. The number of nitrogens with zero attached hydrogens (tertiary/aromatic N) is 2. The Morgan fingerprint density at radius 1 is 1.42 bits per heavy atom. The highest BCUT2D eigenvalue weighted by molar-refractivity contribution is 5.96. The molecule has 0 unspecified atom stereocenters. The van der Waals surface area contributed by atoms with Gasteiger partial charge in [0, 0.05) is 23.8 Å². The third-order valence-corrected chi connectivity index (χ3v) is 2.62. The fraction of sp³-hybridized carbons (Fsp3) is 0.462. The maximum absolute atomic E-state index is 12.4. The van der Waals surface area contributed by atoms with E-state index in [1.807, 2.05) is 0 Å². The molecule has 1 heterocycles. The molecule has 0 aliphatic carbocycles. The molecule has 1 amide bonds. The minimum absolute atomic E-state index is 0.232. The van der Waals surface area contributed by atoms with Crippen molar-refractivity contribution >= 4 is 11.9 Å². The first kappa shape index (κ1) is 15.1. The molecule has 0 aliphatic rings. The number of hydrogen-bond acceptors (Lipinski definition) is 4. The van der Waals surface area contributed by atoms with E-state index in [9.17, 15) is 9.59 Å². The number of pyridine rings is 1. The summed E-state index contributed by atoms with van der Waals surface area (Å²) in [6.45, 7) is 5.26. The van der Waals surface area contributed by atoms with Gasteiger partial charge in [-0.1, -0.05) is 0 Å². The Kier molecular flexibility index (Phi) is 4.61. The molecule has 6 nitrogen and oxygen atoms in total. The summed E-state index contributed by atoms with van der Waals surface area (Å²) in [5, 5.41) is 8.92. The molecular weight excluding hydrogens is 246 g/mol. The smallest absolute Gasteiger partial charge is 0.323 e. The topological polar surface area (TPSA) is 96.5 Å². The van der Waals surface area contributed by atoms with Gasteiger partial charge in [-0.05, 0) is 32.9 Å². The van der Waals surface area contributed by atoms with Crippen molar-refractivity contribution in [3.8, 4) is 0 Å². The van der Waals surface area contributed by atoms with Gasteiger partial charge in [0.1, 0.15) is 6.54 Å². The predicted octanol–water partition coefficient (Wildman–Crippen LogP) is 0.866. The van der Waals surface area contributed by atoms with Crippen molar-refractivity contribution in [1.82, 2.24) is 9.88 Å². The van der Waals surface area contributed by atoms with Crippen molar-refractivity contribution in [2.24, 2.45) is 5.73 Å². The van der Waals surface area contributed by atoms with Crippen LogP contribution < -0.4 is 5.73 Å². The first-order valence-electron chi connectivity index (χ1n) is 5.94. The van der Waals surface area contributed by atoms with Gasteiger partial charge < -0.3 is 15.7 Å². The second-order valence-electron chi connectivity index (χ2n) is 5.20. The van der Waals surface area contributed by atoms with Crippen molar-refractivity contribution in [3.05, 3.63) is 29.6 Å². The summed E-state index contributed by atoms with van der Waals surface area (Å²) in [5.74, 6) is -1.39. The third-order valence-electron chi connectivity index (χ3n) is 2.62. The highest BCUT2D eigenvalue weighted by atomic mass is 16.4. The number of carboxylic acids is 1. The number of aliphatic carboxylic acids is 1. The Balaban J connectivity index is 3.08. The van der Waals surface area contributed by atoms with Crippen LogP contribution in [0.4, 0.5) is 0 Å². The van der Waals surface area contributed by atoms with Crippen LogP contribution in [-0.2, 0) is 11.3 Å². The lowest BCUT2D eigenvalue weighted by Gasteiger charge is -2.34. The van der Waals surface area contributed by atoms with E-state index in [0.29, 0.717) is 11.3 Å². The summed E-state index contributed by atoms with van der Waals surface area (Å²) < 4.78 is 0. The van der Waals surface area contributed by atoms with Crippen LogP contribution >= 0.6 is 0 Å². The van der Waals surface area contributed by atoms with Crippen molar-refractivity contribution in [2.75, 3.05) is 6.54 Å². The van der Waals surface area contributed by atoms with E-state index in [4.69, 9.17) is 10.8 Å². The Bertz CT molecular complexity index is 480. The van der Waals surface area contributed by atoms with Crippen molar-refractivity contribution in [2.45, 2.75) is 32.9 Å². The fourth-order valence-corrected chi connectivity index (χ4v) is 1.63. The van der Waals surface area contributed by atoms with Gasteiger partial charge in [0.15, 0.2) is 0 Å². The standard InChI is InChI=1S/C13H19N3O3/c1-13(2,3)16(8-11(17)18)12(19)9-4-5-15-10(6-9)7-14/h4-6H,7-8,14H2,1-3H3,(H,17,18). The number of carbonyl (C=O) groups excluding carboxylic acids is 1. The number of carbonyl (C=O) groups is 2. The monoisotopic (exact) mass is 265 g/mol. The molecule has 19 heavy (non-hydrogen) atoms. The van der Waals surface area contributed by atoms with E-state index in [-0.39, 0.29) is 19.0 Å². The number of amides is 1. The second kappa shape index (κ2) is 5.79. The van der Waals surface area contributed by atoms with Crippen LogP contribution in [0, 0.1) is 0 Å². The molecule has 0 spiro atoms. The molecule has 0 atom stereocenters. The van der Waals surface area contributed by atoms with Crippen LogP contribution in [0.3, 0.4) is 0 Å². The average molecular weight is 265 g/mol. The van der Waals surface area contributed by atoms with Gasteiger partial charge in [-0.15, -0.1) is 0 Å². The Morgan fingerprint density at radius 2 is 2.05 bits per heavy atom. The molecule has 0 fully saturated rings. The first-order chi connectivity index (χ1) is 8.75. The first-order valence-corrected chi connectivity index (χ1v) is 5.94. The molecular formula is C13H19N3O3. The van der Waals surface area contributed by atoms with E-state index in [0.717, 1.165) is 0 Å². The normalized spacial score (nSPS) is 11.2. The van der Waals surface area contributed by atoms with Gasteiger partial charge >= 0.3 is 5.97 Å². The van der Waals surface area contributed by atoms with E-state index in [1.54, 1.807) is 32.9 Å². The highest BCUT2D eigenvalue weighted by Crippen LogP contribution is 2.17. The number of aromatic nitrogens is 1. The molecule has 104 valence electrons. The zero-order valence-corrected chi connectivity index (χ0v) is 11.4. The van der Waals surface area contributed by atoms with Gasteiger partial charge in [0.2, 0.25) is 0 Å². The number of nitrogens with two attached hydrogens (primary N) is 1. The summed E-state index contributed by atoms with van der Waals surface area (Å²) in [7, 11) is 0. The zero-order valence-electron chi connectivity index (χ0n) is 11.4. The molecule has 3 N–H and O–H groups in total. The Morgan fingerprint density at radius 3 is 2.53 bits per heavy atom. The average Bonchev–Trinajstić information content (AvgIpc) is 2.33. The maximum atomic E-state index is 12.4. The predicted molar refractivity (Wildman–Crippen MR) is 70.6 cm³/mol. The van der Waals surface area contributed by atoms with Crippen LogP contribution in [0.15, 0.2) is 18.3 Å². The Labute approximate surface area is 112 Å². The lowest BCUT2D eigenvalue weighted by molar-refractivity contribution is -0.138. The number of hydrogen-bond donors (Lipinski definition) is 2. The lowest BCUT2D eigenvalue weighted by Crippen LogP contribution is -2.48. The molecule has 0 bridgehead atoms. The van der Waals surface area contributed by atoms with Gasteiger partial charge in [-0.3, -0.25) is 14.6 Å². The van der Waals surface area contributed by atoms with Gasteiger partial charge in [-0.25, -0.2) is 0 Å². The number of carboxylic acid groups (broad SMARTS) is 1. The molecule has 1 aromatic heterocycles. The quantitative estimate of drug-likeness (QED) is 0.841. The van der Waals surface area contributed by atoms with Crippen LogP contribution in [0.2, 0.25) is 0 Å². The van der Waals surface area contributed by atoms with E-state index < -0.39 is 11.5 Å². The minimum atomic E-state index is -1.05. The molecule has 1 rings (SSSR count). The van der Waals surface area contributed by atoms with Crippen LogP contribution in [-0.4, -0.2) is 39.0 Å². The van der Waals surface area contributed by atoms with Gasteiger partial charge in [-0.2, -0.15) is 0 Å². The van der Waals surface area contributed by atoms with Crippen molar-refractivity contribution < 1.29 is 14.7 Å². The van der Waals surface area contributed by atoms with Crippen LogP contribution in [0.1, 0.15) is 36.8 Å². The fourth-order valence-electron chi connectivity index (χ4n) is 1.63. The second-order valence-corrected chi connectivity index (χ2v) is 5.20. The van der Waals surface area contributed by atoms with E-state index in [2.05, 4.69) is 4.98 Å². The van der Waals surface area contributed by atoms with Crippen molar-refractivity contribution in [1.29, 1.82) is 0 Å². The zero-order chi connectivity index (χ0) is 14.6. The van der Waals surface area contributed by atoms with Crippen molar-refractivity contribution in [3.63, 3.8) is 0 Å². The Hall–Kier alpha value is -1.95. The van der Waals surface area contributed by atoms with Gasteiger partial charge in [0.25, 0.3) is 5.91 Å². The highest BCUT2D eigenvalue weighted by Gasteiger charge is 2.29.